The summed E-state index contributed by atoms with van der Waals surface area (Å²) >= 11 is 0. The van der Waals surface area contributed by atoms with Gasteiger partial charge in [-0.3, -0.25) is 4.68 Å². The highest BCUT2D eigenvalue weighted by Gasteiger charge is 2.13. The van der Waals surface area contributed by atoms with Crippen molar-refractivity contribution in [3.05, 3.63) is 53.6 Å². The van der Waals surface area contributed by atoms with Crippen molar-refractivity contribution in [3.8, 4) is 0 Å². The molecular weight excluding hydrogens is 265 g/mol. The van der Waals surface area contributed by atoms with Crippen molar-refractivity contribution in [2.75, 3.05) is 13.6 Å². The Morgan fingerprint density at radius 3 is 2.67 bits per heavy atom. The Morgan fingerprint density at radius 1 is 1.24 bits per heavy atom. The lowest BCUT2D eigenvalue weighted by Gasteiger charge is -2.15. The van der Waals surface area contributed by atoms with Crippen LogP contribution in [0.2, 0.25) is 0 Å². The first-order valence-electron chi connectivity index (χ1n) is 7.51. The monoisotopic (exact) mass is 289 g/mol. The Bertz CT molecular complexity index is 563. The topological polar surface area (TPSA) is 29.9 Å². The maximum Gasteiger partial charge on any atom is 0.123 e. The Hall–Kier alpha value is -1.68. The van der Waals surface area contributed by atoms with Gasteiger partial charge in [0.1, 0.15) is 5.82 Å². The van der Waals surface area contributed by atoms with Gasteiger partial charge >= 0.3 is 0 Å². The number of nitrogens with one attached hydrogen (secondary N) is 1. The molecule has 0 aliphatic rings. The van der Waals surface area contributed by atoms with Gasteiger partial charge in [-0.2, -0.15) is 5.10 Å². The molecule has 2 rings (SSSR count). The summed E-state index contributed by atoms with van der Waals surface area (Å²) in [6, 6.07) is 9.32. The van der Waals surface area contributed by atoms with E-state index in [1.54, 1.807) is 12.1 Å². The Labute approximate surface area is 126 Å². The average Bonchev–Trinajstić information content (AvgIpc) is 2.88. The molecule has 0 saturated carbocycles. The van der Waals surface area contributed by atoms with Crippen LogP contribution in [-0.2, 0) is 12.8 Å². The first kappa shape index (κ1) is 15.7. The van der Waals surface area contributed by atoms with Crippen LogP contribution in [0.15, 0.2) is 36.5 Å². The molecule has 0 radical (unpaired) electrons. The van der Waals surface area contributed by atoms with E-state index in [-0.39, 0.29) is 5.82 Å². The lowest BCUT2D eigenvalue weighted by Crippen LogP contribution is -2.23. The van der Waals surface area contributed by atoms with Crippen LogP contribution in [0.25, 0.3) is 0 Å². The minimum Gasteiger partial charge on any atom is -0.319 e. The molecule has 1 aromatic carbocycles. The summed E-state index contributed by atoms with van der Waals surface area (Å²) in [6.45, 7) is 5.13. The summed E-state index contributed by atoms with van der Waals surface area (Å²) < 4.78 is 15.3. The van der Waals surface area contributed by atoms with Crippen molar-refractivity contribution in [2.45, 2.75) is 32.7 Å². The molecule has 1 N–H and O–H groups in total. The molecule has 21 heavy (non-hydrogen) atoms. The van der Waals surface area contributed by atoms with Crippen molar-refractivity contribution < 1.29 is 4.39 Å². The van der Waals surface area contributed by atoms with Crippen LogP contribution in [0, 0.1) is 11.7 Å². The second-order valence-electron chi connectivity index (χ2n) is 5.84. The minimum atomic E-state index is -0.167. The molecule has 1 atom stereocenters. The summed E-state index contributed by atoms with van der Waals surface area (Å²) in [5.41, 5.74) is 2.14. The smallest absolute Gasteiger partial charge is 0.123 e. The van der Waals surface area contributed by atoms with Crippen LogP contribution in [0.4, 0.5) is 4.39 Å². The van der Waals surface area contributed by atoms with Crippen LogP contribution in [-0.4, -0.2) is 23.4 Å². The third kappa shape index (κ3) is 4.67. The van der Waals surface area contributed by atoms with Gasteiger partial charge in [0.2, 0.25) is 0 Å². The van der Waals surface area contributed by atoms with E-state index in [1.807, 2.05) is 24.0 Å². The number of halogens is 1. The number of nitrogens with zero attached hydrogens (tertiary/aromatic N) is 2. The Morgan fingerprint density at radius 2 is 2.05 bits per heavy atom. The van der Waals surface area contributed by atoms with Crippen molar-refractivity contribution in [1.29, 1.82) is 0 Å². The normalized spacial score (nSPS) is 12.8. The van der Waals surface area contributed by atoms with Gasteiger partial charge in [0.15, 0.2) is 0 Å². The van der Waals surface area contributed by atoms with E-state index in [0.717, 1.165) is 30.6 Å². The molecule has 4 heteroatoms. The summed E-state index contributed by atoms with van der Waals surface area (Å²) in [5, 5.41) is 7.83. The molecule has 1 heterocycles. The molecule has 0 aliphatic heterocycles. The summed E-state index contributed by atoms with van der Waals surface area (Å²) in [5.74, 6) is 0.243. The lowest BCUT2D eigenvalue weighted by atomic mass is 9.94. The largest absolute Gasteiger partial charge is 0.319 e. The fraction of sp³-hybridized carbons (Fsp3) is 0.471. The van der Waals surface area contributed by atoms with Gasteiger partial charge in [0, 0.05) is 12.2 Å². The predicted octanol–water partition coefficient (Wildman–Crippen LogP) is 3.22. The van der Waals surface area contributed by atoms with Crippen molar-refractivity contribution in [3.63, 3.8) is 0 Å². The molecule has 0 aliphatic carbocycles. The van der Waals surface area contributed by atoms with Crippen LogP contribution < -0.4 is 5.32 Å². The number of hydrogen-bond acceptors (Lipinski definition) is 2. The van der Waals surface area contributed by atoms with E-state index in [1.165, 1.54) is 6.07 Å². The van der Waals surface area contributed by atoms with E-state index in [9.17, 15) is 4.39 Å². The average molecular weight is 289 g/mol. The van der Waals surface area contributed by atoms with Gasteiger partial charge in [-0.05, 0) is 70.0 Å². The van der Waals surface area contributed by atoms with Gasteiger partial charge in [0.05, 0.1) is 5.69 Å². The van der Waals surface area contributed by atoms with Crippen molar-refractivity contribution in [1.82, 2.24) is 15.1 Å². The number of benzene rings is 1. The zero-order valence-electron chi connectivity index (χ0n) is 13.0. The van der Waals surface area contributed by atoms with Gasteiger partial charge in [-0.15, -0.1) is 0 Å². The fourth-order valence-corrected chi connectivity index (χ4v) is 2.57. The molecule has 114 valence electrons. The zero-order valence-corrected chi connectivity index (χ0v) is 13.0. The summed E-state index contributed by atoms with van der Waals surface area (Å²) in [4.78, 5) is 0. The third-order valence-electron chi connectivity index (χ3n) is 3.60. The van der Waals surface area contributed by atoms with Crippen molar-refractivity contribution in [2.24, 2.45) is 5.92 Å². The standard InChI is InChI=1S/C17H24FN3/c1-13(2)21-8-7-17(20-21)11-15(12-19-3)9-14-5-4-6-16(18)10-14/h4-8,10,13,15,19H,9,11-12H2,1-3H3. The fourth-order valence-electron chi connectivity index (χ4n) is 2.57. The SMILES string of the molecule is CNCC(Cc1cccc(F)c1)Cc1ccn(C(C)C)n1. The summed E-state index contributed by atoms with van der Waals surface area (Å²) in [7, 11) is 1.95. The van der Waals surface area contributed by atoms with Gasteiger partial charge in [-0.25, -0.2) is 4.39 Å². The first-order chi connectivity index (χ1) is 10.1. The number of aromatic nitrogens is 2. The molecule has 0 bridgehead atoms. The van der Waals surface area contributed by atoms with E-state index >= 15 is 0 Å². The lowest BCUT2D eigenvalue weighted by molar-refractivity contribution is 0.473. The van der Waals surface area contributed by atoms with E-state index in [0.29, 0.717) is 12.0 Å². The highest BCUT2D eigenvalue weighted by atomic mass is 19.1. The predicted molar refractivity (Wildman–Crippen MR) is 83.8 cm³/mol. The summed E-state index contributed by atoms with van der Waals surface area (Å²) in [6.07, 6.45) is 3.78. The van der Waals surface area contributed by atoms with E-state index < -0.39 is 0 Å². The molecule has 3 nitrogen and oxygen atoms in total. The van der Waals surface area contributed by atoms with E-state index in [4.69, 9.17) is 0 Å². The maximum absolute atomic E-state index is 13.3. The van der Waals surface area contributed by atoms with Gasteiger partial charge in [0.25, 0.3) is 0 Å². The minimum absolute atomic E-state index is 0.167. The Balaban J connectivity index is 2.04. The highest BCUT2D eigenvalue weighted by Crippen LogP contribution is 2.15. The van der Waals surface area contributed by atoms with Crippen molar-refractivity contribution >= 4 is 0 Å². The quantitative estimate of drug-likeness (QED) is 0.848. The van der Waals surface area contributed by atoms with Crippen LogP contribution >= 0.6 is 0 Å². The number of rotatable bonds is 7. The second-order valence-corrected chi connectivity index (χ2v) is 5.84. The second kappa shape index (κ2) is 7.36. The molecular formula is C17H24FN3. The highest BCUT2D eigenvalue weighted by molar-refractivity contribution is 5.17. The molecule has 0 spiro atoms. The zero-order chi connectivity index (χ0) is 15.2. The maximum atomic E-state index is 13.3. The number of hydrogen-bond donors (Lipinski definition) is 1. The molecule has 2 aromatic rings. The van der Waals surface area contributed by atoms with E-state index in [2.05, 4.69) is 30.3 Å². The van der Waals surface area contributed by atoms with Crippen LogP contribution in [0.5, 0.6) is 0 Å². The molecule has 0 saturated heterocycles. The molecule has 0 fully saturated rings. The Kier molecular flexibility index (Phi) is 5.51. The first-order valence-corrected chi connectivity index (χ1v) is 7.51. The third-order valence-corrected chi connectivity index (χ3v) is 3.60. The van der Waals surface area contributed by atoms with Crippen LogP contribution in [0.1, 0.15) is 31.1 Å². The van der Waals surface area contributed by atoms with Gasteiger partial charge in [-0.1, -0.05) is 12.1 Å². The molecule has 1 aromatic heterocycles. The van der Waals surface area contributed by atoms with Gasteiger partial charge < -0.3 is 5.32 Å². The molecule has 1 unspecified atom stereocenters. The van der Waals surface area contributed by atoms with Crippen LogP contribution in [0.3, 0.4) is 0 Å². The molecule has 0 amide bonds.